The third-order valence-electron chi connectivity index (χ3n) is 4.68. The number of nitrogens with one attached hydrogen (secondary N) is 1. The molecule has 0 saturated carbocycles. The Morgan fingerprint density at radius 2 is 2.29 bits per heavy atom. The lowest BCUT2D eigenvalue weighted by atomic mass is 9.84. The van der Waals surface area contributed by atoms with Crippen molar-refractivity contribution in [2.75, 3.05) is 38.3 Å². The van der Waals surface area contributed by atoms with Crippen LogP contribution in [0.1, 0.15) is 26.2 Å². The van der Waals surface area contributed by atoms with E-state index in [1.165, 1.54) is 0 Å². The van der Waals surface area contributed by atoms with Gasteiger partial charge < -0.3 is 19.9 Å². The fourth-order valence-electron chi connectivity index (χ4n) is 3.23. The number of fused-ring (bicyclic) bond motifs is 1. The largest absolute Gasteiger partial charge is 0.491 e. The van der Waals surface area contributed by atoms with Crippen molar-refractivity contribution in [3.8, 4) is 5.75 Å². The average molecular weight is 330 g/mol. The van der Waals surface area contributed by atoms with Gasteiger partial charge in [-0.1, -0.05) is 19.1 Å². The number of hydrogen-bond donors (Lipinski definition) is 2. The average Bonchev–Trinajstić information content (AvgIpc) is 3.07. The predicted molar refractivity (Wildman–Crippen MR) is 95.6 cm³/mol. The fourth-order valence-corrected chi connectivity index (χ4v) is 3.23. The summed E-state index contributed by atoms with van der Waals surface area (Å²) in [7, 11) is 0. The van der Waals surface area contributed by atoms with Gasteiger partial charge in [-0.3, -0.25) is 4.98 Å². The van der Waals surface area contributed by atoms with Gasteiger partial charge in [0.05, 0.1) is 13.2 Å². The zero-order valence-electron chi connectivity index (χ0n) is 14.3. The first kappa shape index (κ1) is 17.0. The molecule has 24 heavy (non-hydrogen) atoms. The van der Waals surface area contributed by atoms with E-state index >= 15 is 0 Å². The molecule has 1 aliphatic heterocycles. The number of hydrogen-bond acceptors (Lipinski definition) is 5. The Bertz CT molecular complexity index is 669. The Labute approximate surface area is 143 Å². The van der Waals surface area contributed by atoms with E-state index in [2.05, 4.69) is 23.3 Å². The fraction of sp³-hybridized carbons (Fsp3) is 0.526. The lowest BCUT2D eigenvalue weighted by Crippen LogP contribution is -2.31. The van der Waals surface area contributed by atoms with Crippen LogP contribution in [0, 0.1) is 5.41 Å². The van der Waals surface area contributed by atoms with E-state index in [9.17, 15) is 5.11 Å². The van der Waals surface area contributed by atoms with E-state index in [0.717, 1.165) is 54.8 Å². The first-order valence-corrected chi connectivity index (χ1v) is 8.71. The maximum Gasteiger partial charge on any atom is 0.145 e. The zero-order chi connectivity index (χ0) is 16.8. The van der Waals surface area contributed by atoms with Gasteiger partial charge >= 0.3 is 0 Å². The van der Waals surface area contributed by atoms with Crippen LogP contribution >= 0.6 is 0 Å². The number of pyridine rings is 1. The number of aromatic nitrogens is 1. The maximum absolute atomic E-state index is 9.37. The molecule has 1 aromatic heterocycles. The molecule has 1 saturated heterocycles. The van der Waals surface area contributed by atoms with Crippen molar-refractivity contribution in [3.05, 3.63) is 30.5 Å². The predicted octanol–water partition coefficient (Wildman–Crippen LogP) is 3.22. The van der Waals surface area contributed by atoms with Crippen LogP contribution in [0.2, 0.25) is 0 Å². The Hall–Kier alpha value is -1.85. The van der Waals surface area contributed by atoms with E-state index in [1.807, 2.05) is 24.4 Å². The highest BCUT2D eigenvalue weighted by Crippen LogP contribution is 2.34. The molecule has 0 bridgehead atoms. The zero-order valence-corrected chi connectivity index (χ0v) is 14.3. The van der Waals surface area contributed by atoms with Gasteiger partial charge in [0, 0.05) is 42.4 Å². The van der Waals surface area contributed by atoms with Gasteiger partial charge in [0.2, 0.25) is 0 Å². The van der Waals surface area contributed by atoms with Crippen molar-refractivity contribution in [2.45, 2.75) is 26.2 Å². The maximum atomic E-state index is 9.37. The number of benzene rings is 1. The molecular weight excluding hydrogens is 304 g/mol. The lowest BCUT2D eigenvalue weighted by Gasteiger charge is -2.27. The minimum Gasteiger partial charge on any atom is -0.491 e. The van der Waals surface area contributed by atoms with E-state index in [-0.39, 0.29) is 12.0 Å². The van der Waals surface area contributed by atoms with Crippen LogP contribution in [0.25, 0.3) is 10.9 Å². The van der Waals surface area contributed by atoms with Crippen LogP contribution < -0.4 is 10.1 Å². The summed E-state index contributed by atoms with van der Waals surface area (Å²) in [6, 6.07) is 8.02. The van der Waals surface area contributed by atoms with Gasteiger partial charge in [-0.05, 0) is 31.4 Å². The lowest BCUT2D eigenvalue weighted by molar-refractivity contribution is 0.133. The smallest absolute Gasteiger partial charge is 0.145 e. The molecule has 5 nitrogen and oxygen atoms in total. The van der Waals surface area contributed by atoms with Crippen LogP contribution in [0.4, 0.5) is 5.69 Å². The standard InChI is InChI=1S/C19H26N2O3/c1-2-11-24-17-5-3-4-15-16(6-9-20-18(15)17)21-13-19(7-10-22)8-12-23-14-19/h3-6,9,22H,2,7-8,10-14H2,1H3,(H,20,21). The van der Waals surface area contributed by atoms with Crippen molar-refractivity contribution < 1.29 is 14.6 Å². The van der Waals surface area contributed by atoms with Gasteiger partial charge in [0.15, 0.2) is 0 Å². The molecule has 2 N–H and O–H groups in total. The SMILES string of the molecule is CCCOc1cccc2c(NCC3(CCO)CCOC3)ccnc12. The van der Waals surface area contributed by atoms with E-state index in [0.29, 0.717) is 13.2 Å². The van der Waals surface area contributed by atoms with Gasteiger partial charge in [-0.2, -0.15) is 0 Å². The van der Waals surface area contributed by atoms with Crippen LogP contribution in [-0.4, -0.2) is 43.1 Å². The van der Waals surface area contributed by atoms with Gasteiger partial charge in [0.1, 0.15) is 11.3 Å². The third-order valence-corrected chi connectivity index (χ3v) is 4.68. The van der Waals surface area contributed by atoms with Gasteiger partial charge in [-0.15, -0.1) is 0 Å². The highest BCUT2D eigenvalue weighted by molar-refractivity contribution is 5.94. The number of nitrogens with zero attached hydrogens (tertiary/aromatic N) is 1. The first-order valence-electron chi connectivity index (χ1n) is 8.71. The molecule has 0 radical (unpaired) electrons. The van der Waals surface area contributed by atoms with E-state index in [1.54, 1.807) is 0 Å². The van der Waals surface area contributed by atoms with Gasteiger partial charge in [-0.25, -0.2) is 0 Å². The van der Waals surface area contributed by atoms with Crippen molar-refractivity contribution in [1.82, 2.24) is 4.98 Å². The first-order chi connectivity index (χ1) is 11.8. The summed E-state index contributed by atoms with van der Waals surface area (Å²) in [5, 5.41) is 14.0. The van der Waals surface area contributed by atoms with Crippen LogP contribution in [0.3, 0.4) is 0 Å². The third kappa shape index (κ3) is 3.62. The molecule has 0 amide bonds. The molecule has 1 unspecified atom stereocenters. The molecule has 0 aliphatic carbocycles. The van der Waals surface area contributed by atoms with Crippen molar-refractivity contribution in [2.24, 2.45) is 5.41 Å². The van der Waals surface area contributed by atoms with Crippen molar-refractivity contribution >= 4 is 16.6 Å². The highest BCUT2D eigenvalue weighted by Gasteiger charge is 2.34. The summed E-state index contributed by atoms with van der Waals surface area (Å²) in [6.45, 7) is 5.23. The number of anilines is 1. The Morgan fingerprint density at radius 1 is 1.38 bits per heavy atom. The van der Waals surface area contributed by atoms with Crippen molar-refractivity contribution in [1.29, 1.82) is 0 Å². The molecule has 1 aliphatic rings. The molecule has 1 fully saturated rings. The summed E-state index contributed by atoms with van der Waals surface area (Å²) < 4.78 is 11.4. The van der Waals surface area contributed by atoms with Crippen LogP contribution in [0.15, 0.2) is 30.5 Å². The number of aliphatic hydroxyl groups excluding tert-OH is 1. The Morgan fingerprint density at radius 3 is 3.04 bits per heavy atom. The summed E-state index contributed by atoms with van der Waals surface area (Å²) in [5.41, 5.74) is 1.95. The Kier molecular flexibility index (Phi) is 5.53. The molecule has 0 spiro atoms. The van der Waals surface area contributed by atoms with Gasteiger partial charge in [0.25, 0.3) is 0 Å². The van der Waals surface area contributed by atoms with Crippen LogP contribution in [0.5, 0.6) is 5.75 Å². The number of rotatable bonds is 8. The molecule has 3 rings (SSSR count). The number of para-hydroxylation sites is 1. The second kappa shape index (κ2) is 7.81. The summed E-state index contributed by atoms with van der Waals surface area (Å²) >= 11 is 0. The molecule has 2 aromatic rings. The second-order valence-electron chi connectivity index (χ2n) is 6.49. The molecule has 1 atom stereocenters. The van der Waals surface area contributed by atoms with Crippen LogP contribution in [-0.2, 0) is 4.74 Å². The van der Waals surface area contributed by atoms with E-state index in [4.69, 9.17) is 9.47 Å². The molecule has 130 valence electrons. The normalized spacial score (nSPS) is 20.4. The minimum absolute atomic E-state index is 0.0145. The number of aliphatic hydroxyl groups is 1. The monoisotopic (exact) mass is 330 g/mol. The molecular formula is C19H26N2O3. The summed E-state index contributed by atoms with van der Waals surface area (Å²) in [5.74, 6) is 0.826. The minimum atomic E-state index is 0.0145. The molecule has 2 heterocycles. The second-order valence-corrected chi connectivity index (χ2v) is 6.49. The number of ether oxygens (including phenoxy) is 2. The quantitative estimate of drug-likeness (QED) is 0.778. The Balaban J connectivity index is 1.82. The topological polar surface area (TPSA) is 63.6 Å². The highest BCUT2D eigenvalue weighted by atomic mass is 16.5. The molecule has 5 heteroatoms. The van der Waals surface area contributed by atoms with Crippen molar-refractivity contribution in [3.63, 3.8) is 0 Å². The summed E-state index contributed by atoms with van der Waals surface area (Å²) in [6.07, 6.45) is 4.52. The molecule has 1 aromatic carbocycles. The summed E-state index contributed by atoms with van der Waals surface area (Å²) in [4.78, 5) is 4.50. The van der Waals surface area contributed by atoms with E-state index < -0.39 is 0 Å².